The zero-order chi connectivity index (χ0) is 16.5. The third kappa shape index (κ3) is 2.43. The molecule has 3 aromatic heterocycles. The topological polar surface area (TPSA) is 94.6 Å². The van der Waals surface area contributed by atoms with E-state index < -0.39 is 0 Å². The van der Waals surface area contributed by atoms with E-state index in [2.05, 4.69) is 20.6 Å². The largest absolute Gasteiger partial charge is 0.480 e. The van der Waals surface area contributed by atoms with Gasteiger partial charge in [-0.3, -0.25) is 4.79 Å². The molecule has 0 bridgehead atoms. The molecule has 0 saturated heterocycles. The zero-order valence-electron chi connectivity index (χ0n) is 12.8. The number of methoxy groups -OCH3 is 1. The number of carbonyl (C=O) groups excluding carboxylic acids is 1. The SMILES string of the molecule is COc1ccc2nnc(CNC(=O)c3cc4ccccc4o3)n2n1. The van der Waals surface area contributed by atoms with Gasteiger partial charge in [0, 0.05) is 11.5 Å². The Bertz CT molecular complexity index is 1000. The van der Waals surface area contributed by atoms with Crippen LogP contribution in [0.4, 0.5) is 0 Å². The number of carbonyl (C=O) groups is 1. The van der Waals surface area contributed by atoms with Crippen LogP contribution in [0.15, 0.2) is 46.9 Å². The fraction of sp³-hybridized carbons (Fsp3) is 0.125. The summed E-state index contributed by atoms with van der Waals surface area (Å²) in [6, 6.07) is 12.6. The van der Waals surface area contributed by atoms with Crippen LogP contribution in [0.2, 0.25) is 0 Å². The van der Waals surface area contributed by atoms with E-state index in [4.69, 9.17) is 9.15 Å². The predicted octanol–water partition coefficient (Wildman–Crippen LogP) is 1.81. The van der Waals surface area contributed by atoms with Crippen LogP contribution < -0.4 is 10.1 Å². The Balaban J connectivity index is 1.54. The van der Waals surface area contributed by atoms with Gasteiger partial charge in [0.05, 0.1) is 13.7 Å². The Kier molecular flexibility index (Phi) is 3.34. The van der Waals surface area contributed by atoms with Crippen molar-refractivity contribution in [2.24, 2.45) is 0 Å². The molecule has 24 heavy (non-hydrogen) atoms. The third-order valence-corrected chi connectivity index (χ3v) is 3.57. The van der Waals surface area contributed by atoms with Crippen LogP contribution in [-0.2, 0) is 6.54 Å². The van der Waals surface area contributed by atoms with Gasteiger partial charge in [0.1, 0.15) is 5.58 Å². The van der Waals surface area contributed by atoms with Crippen LogP contribution in [0.1, 0.15) is 16.4 Å². The fourth-order valence-corrected chi connectivity index (χ4v) is 2.38. The normalized spacial score (nSPS) is 11.0. The van der Waals surface area contributed by atoms with Gasteiger partial charge in [-0.05, 0) is 18.2 Å². The van der Waals surface area contributed by atoms with Gasteiger partial charge in [-0.2, -0.15) is 4.52 Å². The summed E-state index contributed by atoms with van der Waals surface area (Å²) in [5.41, 5.74) is 1.24. The van der Waals surface area contributed by atoms with E-state index in [0.717, 1.165) is 5.39 Å². The van der Waals surface area contributed by atoms with Gasteiger partial charge >= 0.3 is 0 Å². The number of fused-ring (bicyclic) bond motifs is 2. The second-order valence-electron chi connectivity index (χ2n) is 5.09. The predicted molar refractivity (Wildman–Crippen MR) is 84.7 cm³/mol. The molecule has 0 unspecified atom stereocenters. The molecular formula is C16H13N5O3. The number of furan rings is 1. The standard InChI is InChI=1S/C16H13N5O3/c1-23-15-7-6-13-18-19-14(21(13)20-15)9-17-16(22)12-8-10-4-2-3-5-11(10)24-12/h2-8H,9H2,1H3,(H,17,22). The summed E-state index contributed by atoms with van der Waals surface area (Å²) in [6.07, 6.45) is 0. The summed E-state index contributed by atoms with van der Waals surface area (Å²) >= 11 is 0. The van der Waals surface area contributed by atoms with Gasteiger partial charge < -0.3 is 14.5 Å². The molecule has 1 amide bonds. The van der Waals surface area contributed by atoms with Crippen LogP contribution in [0.3, 0.4) is 0 Å². The van der Waals surface area contributed by atoms with Gasteiger partial charge in [0.25, 0.3) is 5.91 Å². The molecule has 4 rings (SSSR count). The van der Waals surface area contributed by atoms with Crippen LogP contribution in [0, 0.1) is 0 Å². The Labute approximate surface area is 136 Å². The van der Waals surface area contributed by atoms with Crippen LogP contribution in [0.25, 0.3) is 16.6 Å². The number of nitrogens with zero attached hydrogens (tertiary/aromatic N) is 4. The van der Waals surface area contributed by atoms with Crippen molar-refractivity contribution >= 4 is 22.5 Å². The molecule has 0 aliphatic heterocycles. The van der Waals surface area contributed by atoms with Crippen molar-refractivity contribution in [1.29, 1.82) is 0 Å². The van der Waals surface area contributed by atoms with Crippen LogP contribution >= 0.6 is 0 Å². The zero-order valence-corrected chi connectivity index (χ0v) is 12.8. The highest BCUT2D eigenvalue weighted by Gasteiger charge is 2.14. The highest BCUT2D eigenvalue weighted by atomic mass is 16.5. The molecular weight excluding hydrogens is 310 g/mol. The van der Waals surface area contributed by atoms with Crippen molar-refractivity contribution < 1.29 is 13.9 Å². The Morgan fingerprint density at radius 1 is 1.25 bits per heavy atom. The van der Waals surface area contributed by atoms with Crippen LogP contribution in [0.5, 0.6) is 5.88 Å². The lowest BCUT2D eigenvalue weighted by molar-refractivity contribution is 0.0924. The maximum absolute atomic E-state index is 12.3. The van der Waals surface area contributed by atoms with Crippen molar-refractivity contribution in [3.05, 3.63) is 54.0 Å². The van der Waals surface area contributed by atoms with Gasteiger partial charge in [0.2, 0.25) is 5.88 Å². The summed E-state index contributed by atoms with van der Waals surface area (Å²) in [5.74, 6) is 0.849. The first kappa shape index (κ1) is 14.2. The van der Waals surface area contributed by atoms with Crippen molar-refractivity contribution in [2.75, 3.05) is 7.11 Å². The number of rotatable bonds is 4. The summed E-state index contributed by atoms with van der Waals surface area (Å²) in [7, 11) is 1.53. The molecule has 3 heterocycles. The maximum Gasteiger partial charge on any atom is 0.287 e. The summed E-state index contributed by atoms with van der Waals surface area (Å²) in [4.78, 5) is 12.3. The first-order chi connectivity index (χ1) is 11.7. The van der Waals surface area contributed by atoms with E-state index in [1.165, 1.54) is 11.6 Å². The molecule has 0 atom stereocenters. The minimum atomic E-state index is -0.328. The molecule has 0 aliphatic rings. The molecule has 4 aromatic rings. The molecule has 120 valence electrons. The number of ether oxygens (including phenoxy) is 1. The number of benzene rings is 1. The molecule has 0 radical (unpaired) electrons. The smallest absolute Gasteiger partial charge is 0.287 e. The van der Waals surface area contributed by atoms with Crippen molar-refractivity contribution in [1.82, 2.24) is 25.1 Å². The number of amides is 1. The monoisotopic (exact) mass is 323 g/mol. The Morgan fingerprint density at radius 3 is 2.96 bits per heavy atom. The quantitative estimate of drug-likeness (QED) is 0.615. The maximum atomic E-state index is 12.3. The molecule has 1 N–H and O–H groups in total. The molecule has 8 heteroatoms. The third-order valence-electron chi connectivity index (χ3n) is 3.57. The summed E-state index contributed by atoms with van der Waals surface area (Å²) in [5, 5.41) is 15.9. The van der Waals surface area contributed by atoms with Crippen molar-refractivity contribution in [3.63, 3.8) is 0 Å². The first-order valence-electron chi connectivity index (χ1n) is 7.27. The summed E-state index contributed by atoms with van der Waals surface area (Å²) in [6.45, 7) is 0.164. The molecule has 0 fully saturated rings. The van der Waals surface area contributed by atoms with Crippen molar-refractivity contribution in [3.8, 4) is 5.88 Å². The van der Waals surface area contributed by atoms with E-state index in [1.54, 1.807) is 18.2 Å². The van der Waals surface area contributed by atoms with Crippen LogP contribution in [-0.4, -0.2) is 32.8 Å². The Morgan fingerprint density at radius 2 is 2.12 bits per heavy atom. The minimum absolute atomic E-state index is 0.164. The molecule has 8 nitrogen and oxygen atoms in total. The van der Waals surface area contributed by atoms with Gasteiger partial charge in [-0.15, -0.1) is 15.3 Å². The second kappa shape index (κ2) is 5.65. The average Bonchev–Trinajstić information content (AvgIpc) is 3.23. The minimum Gasteiger partial charge on any atom is -0.480 e. The lowest BCUT2D eigenvalue weighted by atomic mass is 10.2. The molecule has 0 aliphatic carbocycles. The number of hydrogen-bond donors (Lipinski definition) is 1. The lowest BCUT2D eigenvalue weighted by Crippen LogP contribution is -2.23. The van der Waals surface area contributed by atoms with Gasteiger partial charge in [0.15, 0.2) is 17.2 Å². The van der Waals surface area contributed by atoms with E-state index in [9.17, 15) is 4.79 Å². The van der Waals surface area contributed by atoms with E-state index in [-0.39, 0.29) is 18.2 Å². The summed E-state index contributed by atoms with van der Waals surface area (Å²) < 4.78 is 12.1. The van der Waals surface area contributed by atoms with E-state index in [0.29, 0.717) is 22.9 Å². The van der Waals surface area contributed by atoms with E-state index in [1.807, 2.05) is 24.3 Å². The number of hydrogen-bond acceptors (Lipinski definition) is 6. The number of nitrogens with one attached hydrogen (secondary N) is 1. The highest BCUT2D eigenvalue weighted by Crippen LogP contribution is 2.18. The second-order valence-corrected chi connectivity index (χ2v) is 5.09. The van der Waals surface area contributed by atoms with E-state index >= 15 is 0 Å². The first-order valence-corrected chi connectivity index (χ1v) is 7.27. The number of aromatic nitrogens is 4. The molecule has 0 saturated carbocycles. The average molecular weight is 323 g/mol. The number of para-hydroxylation sites is 1. The lowest BCUT2D eigenvalue weighted by Gasteiger charge is -2.02. The molecule has 1 aromatic carbocycles. The van der Waals surface area contributed by atoms with Gasteiger partial charge in [-0.1, -0.05) is 18.2 Å². The Hall–Kier alpha value is -3.42. The van der Waals surface area contributed by atoms with Crippen molar-refractivity contribution in [2.45, 2.75) is 6.54 Å². The highest BCUT2D eigenvalue weighted by molar-refractivity contribution is 5.95. The fourth-order valence-electron chi connectivity index (χ4n) is 2.38. The van der Waals surface area contributed by atoms with Gasteiger partial charge in [-0.25, -0.2) is 0 Å². The molecule has 0 spiro atoms.